The van der Waals surface area contributed by atoms with Crippen LogP contribution >= 0.6 is 11.3 Å². The lowest BCUT2D eigenvalue weighted by atomic mass is 10.1. The molecule has 0 unspecified atom stereocenters. The highest BCUT2D eigenvalue weighted by Crippen LogP contribution is 2.29. The molecule has 1 fully saturated rings. The fraction of sp³-hybridized carbons (Fsp3) is 0.294. The Morgan fingerprint density at radius 2 is 2.15 bits per heavy atom. The lowest BCUT2D eigenvalue weighted by molar-refractivity contribution is -0.122. The fourth-order valence-electron chi connectivity index (χ4n) is 2.65. The van der Waals surface area contributed by atoms with Crippen molar-refractivity contribution in [3.8, 4) is 5.75 Å². The van der Waals surface area contributed by atoms with Crippen LogP contribution in [0.15, 0.2) is 30.5 Å². The molecule has 1 aliphatic heterocycles. The highest BCUT2D eigenvalue weighted by atomic mass is 32.1. The summed E-state index contributed by atoms with van der Waals surface area (Å²) in [4.78, 5) is 42.0. The number of rotatable bonds is 5. The summed E-state index contributed by atoms with van der Waals surface area (Å²) in [6.07, 6.45) is 1.45. The van der Waals surface area contributed by atoms with Crippen LogP contribution in [0.1, 0.15) is 16.1 Å². The molecule has 0 aliphatic carbocycles. The lowest BCUT2D eigenvalue weighted by Crippen LogP contribution is -2.28. The van der Waals surface area contributed by atoms with Crippen molar-refractivity contribution in [3.63, 3.8) is 0 Å². The van der Waals surface area contributed by atoms with Crippen molar-refractivity contribution in [1.82, 2.24) is 4.98 Å². The third kappa shape index (κ3) is 3.67. The summed E-state index contributed by atoms with van der Waals surface area (Å²) in [5.74, 6) is -0.814. The number of carbonyl (C=O) groups excluding carboxylic acids is 3. The number of thiazole rings is 1. The van der Waals surface area contributed by atoms with Gasteiger partial charge in [-0.15, -0.1) is 0 Å². The standard InChI is InChI=1S/C17H17N3O5S/c1-24-12-5-3-4-11(7-12)20-9-10(6-14(20)21)15(22)19-17-18-8-13(26-17)16(23)25-2/h3-5,7-8,10H,6,9H2,1-2H3,(H,18,19,22)/t10-/m0/s1. The first-order valence-corrected chi connectivity index (χ1v) is 8.63. The number of nitrogens with zero attached hydrogens (tertiary/aromatic N) is 2. The Morgan fingerprint density at radius 3 is 2.88 bits per heavy atom. The van der Waals surface area contributed by atoms with E-state index >= 15 is 0 Å². The third-order valence-corrected chi connectivity index (χ3v) is 4.88. The largest absolute Gasteiger partial charge is 0.497 e. The summed E-state index contributed by atoms with van der Waals surface area (Å²) in [6, 6.07) is 7.13. The molecule has 0 radical (unpaired) electrons. The summed E-state index contributed by atoms with van der Waals surface area (Å²) in [5.41, 5.74) is 0.687. The minimum Gasteiger partial charge on any atom is -0.497 e. The van der Waals surface area contributed by atoms with Crippen LogP contribution < -0.4 is 15.0 Å². The number of carbonyl (C=O) groups is 3. The normalized spacial score (nSPS) is 16.5. The molecule has 26 heavy (non-hydrogen) atoms. The molecule has 1 atom stereocenters. The predicted molar refractivity (Wildman–Crippen MR) is 95.5 cm³/mol. The molecular formula is C17H17N3O5S. The van der Waals surface area contributed by atoms with E-state index in [0.717, 1.165) is 11.3 Å². The molecule has 136 valence electrons. The van der Waals surface area contributed by atoms with E-state index in [4.69, 9.17) is 4.74 Å². The molecule has 2 amide bonds. The first-order valence-electron chi connectivity index (χ1n) is 7.81. The number of anilines is 2. The van der Waals surface area contributed by atoms with E-state index in [2.05, 4.69) is 15.0 Å². The monoisotopic (exact) mass is 375 g/mol. The van der Waals surface area contributed by atoms with Gasteiger partial charge in [-0.2, -0.15) is 0 Å². The summed E-state index contributed by atoms with van der Waals surface area (Å²) < 4.78 is 9.78. The Hall–Kier alpha value is -2.94. The second-order valence-corrected chi connectivity index (χ2v) is 6.65. The van der Waals surface area contributed by atoms with E-state index < -0.39 is 11.9 Å². The topological polar surface area (TPSA) is 97.8 Å². The number of aromatic nitrogens is 1. The molecule has 8 nitrogen and oxygen atoms in total. The molecule has 0 saturated carbocycles. The number of nitrogens with one attached hydrogen (secondary N) is 1. The van der Waals surface area contributed by atoms with E-state index in [0.29, 0.717) is 21.4 Å². The van der Waals surface area contributed by atoms with Gasteiger partial charge in [0.25, 0.3) is 0 Å². The maximum absolute atomic E-state index is 12.4. The van der Waals surface area contributed by atoms with Crippen LogP contribution in [-0.2, 0) is 14.3 Å². The molecule has 9 heteroatoms. The average molecular weight is 375 g/mol. The minimum atomic E-state index is -0.511. The molecular weight excluding hydrogens is 358 g/mol. The summed E-state index contributed by atoms with van der Waals surface area (Å²) in [7, 11) is 2.83. The zero-order valence-electron chi connectivity index (χ0n) is 14.2. The van der Waals surface area contributed by atoms with Crippen LogP contribution in [0.5, 0.6) is 5.75 Å². The second-order valence-electron chi connectivity index (χ2n) is 5.62. The number of hydrogen-bond donors (Lipinski definition) is 1. The smallest absolute Gasteiger partial charge is 0.349 e. The van der Waals surface area contributed by atoms with Crippen LogP contribution in [0.2, 0.25) is 0 Å². The fourth-order valence-corrected chi connectivity index (χ4v) is 3.38. The van der Waals surface area contributed by atoms with Gasteiger partial charge in [0.15, 0.2) is 5.13 Å². The van der Waals surface area contributed by atoms with Gasteiger partial charge in [0, 0.05) is 24.7 Å². The maximum Gasteiger partial charge on any atom is 0.349 e. The van der Waals surface area contributed by atoms with Crippen LogP contribution in [0.4, 0.5) is 10.8 Å². The molecule has 2 aromatic rings. The van der Waals surface area contributed by atoms with Crippen LogP contribution in [-0.4, -0.2) is 43.5 Å². The SMILES string of the molecule is COC(=O)c1cnc(NC(=O)[C@H]2CC(=O)N(c3cccc(OC)c3)C2)s1. The second kappa shape index (κ2) is 7.52. The number of hydrogen-bond acceptors (Lipinski definition) is 7. The highest BCUT2D eigenvalue weighted by Gasteiger charge is 2.35. The van der Waals surface area contributed by atoms with E-state index in [1.54, 1.807) is 36.3 Å². The Bertz CT molecular complexity index is 850. The van der Waals surface area contributed by atoms with Crippen molar-refractivity contribution in [2.75, 3.05) is 31.0 Å². The number of amides is 2. The molecule has 3 rings (SSSR count). The van der Waals surface area contributed by atoms with Crippen LogP contribution in [0, 0.1) is 5.92 Å². The average Bonchev–Trinajstić information content (AvgIpc) is 3.28. The molecule has 1 aromatic heterocycles. The van der Waals surface area contributed by atoms with Gasteiger partial charge in [-0.1, -0.05) is 17.4 Å². The van der Waals surface area contributed by atoms with E-state index in [9.17, 15) is 14.4 Å². The molecule has 1 aromatic carbocycles. The molecule has 2 heterocycles. The van der Waals surface area contributed by atoms with Crippen molar-refractivity contribution in [3.05, 3.63) is 35.3 Å². The third-order valence-electron chi connectivity index (χ3n) is 3.98. The van der Waals surface area contributed by atoms with Crippen LogP contribution in [0.25, 0.3) is 0 Å². The lowest BCUT2D eigenvalue weighted by Gasteiger charge is -2.17. The maximum atomic E-state index is 12.4. The molecule has 1 saturated heterocycles. The van der Waals surface area contributed by atoms with Crippen molar-refractivity contribution in [2.24, 2.45) is 5.92 Å². The van der Waals surface area contributed by atoms with Crippen molar-refractivity contribution >= 4 is 39.9 Å². The van der Waals surface area contributed by atoms with E-state index in [-0.39, 0.29) is 24.8 Å². The Labute approximate surface area is 153 Å². The highest BCUT2D eigenvalue weighted by molar-refractivity contribution is 7.17. The zero-order chi connectivity index (χ0) is 18.7. The number of methoxy groups -OCH3 is 2. The van der Waals surface area contributed by atoms with E-state index in [1.165, 1.54) is 13.3 Å². The van der Waals surface area contributed by atoms with Gasteiger partial charge in [0.05, 0.1) is 26.3 Å². The van der Waals surface area contributed by atoms with Gasteiger partial charge in [-0.3, -0.25) is 9.59 Å². The molecule has 1 N–H and O–H groups in total. The van der Waals surface area contributed by atoms with Gasteiger partial charge in [-0.25, -0.2) is 9.78 Å². The summed E-state index contributed by atoms with van der Waals surface area (Å²) in [6.45, 7) is 0.271. The number of ether oxygens (including phenoxy) is 2. The van der Waals surface area contributed by atoms with Gasteiger partial charge >= 0.3 is 5.97 Å². The van der Waals surface area contributed by atoms with E-state index in [1.807, 2.05) is 0 Å². The Balaban J connectivity index is 1.67. The quantitative estimate of drug-likeness (QED) is 0.802. The van der Waals surface area contributed by atoms with Gasteiger partial charge < -0.3 is 19.7 Å². The zero-order valence-corrected chi connectivity index (χ0v) is 15.0. The van der Waals surface area contributed by atoms with Gasteiger partial charge in [0.1, 0.15) is 10.6 Å². The Kier molecular flexibility index (Phi) is 5.17. The number of esters is 1. The predicted octanol–water partition coefficient (Wildman–Crippen LogP) is 1.93. The van der Waals surface area contributed by atoms with Crippen LogP contribution in [0.3, 0.4) is 0 Å². The molecule has 1 aliphatic rings. The minimum absolute atomic E-state index is 0.109. The summed E-state index contributed by atoms with van der Waals surface area (Å²) in [5, 5.41) is 2.95. The first kappa shape index (κ1) is 17.9. The van der Waals surface area contributed by atoms with Crippen molar-refractivity contribution in [1.29, 1.82) is 0 Å². The van der Waals surface area contributed by atoms with Gasteiger partial charge in [-0.05, 0) is 12.1 Å². The van der Waals surface area contributed by atoms with Gasteiger partial charge in [0.2, 0.25) is 11.8 Å². The van der Waals surface area contributed by atoms with Crippen molar-refractivity contribution < 1.29 is 23.9 Å². The number of benzene rings is 1. The summed E-state index contributed by atoms with van der Waals surface area (Å²) >= 11 is 1.02. The molecule has 0 bridgehead atoms. The molecule has 0 spiro atoms. The first-order chi connectivity index (χ1) is 12.5. The van der Waals surface area contributed by atoms with Crippen molar-refractivity contribution in [2.45, 2.75) is 6.42 Å². The Morgan fingerprint density at radius 1 is 1.35 bits per heavy atom.